The van der Waals surface area contributed by atoms with Crippen molar-refractivity contribution in [2.75, 3.05) is 20.3 Å². The number of hydrogen-bond acceptors (Lipinski definition) is 5. The van der Waals surface area contributed by atoms with Crippen molar-refractivity contribution in [3.8, 4) is 0 Å². The maximum absolute atomic E-state index is 11.1. The Morgan fingerprint density at radius 3 is 2.83 bits per heavy atom. The molecule has 5 nitrogen and oxygen atoms in total. The van der Waals surface area contributed by atoms with Crippen molar-refractivity contribution in [1.82, 2.24) is 0 Å². The Labute approximate surface area is 145 Å². The first-order chi connectivity index (χ1) is 11.7. The fourth-order valence-corrected chi connectivity index (χ4v) is 3.83. The SMILES string of the molecule is COC(=O)CC/C=C/CC1C[C@@H](OC2CCCCO2)[C@H](CO)[C@H]1C. The van der Waals surface area contributed by atoms with Crippen LogP contribution in [0.1, 0.15) is 51.9 Å². The Morgan fingerprint density at radius 2 is 2.17 bits per heavy atom. The van der Waals surface area contributed by atoms with E-state index in [0.717, 1.165) is 38.7 Å². The van der Waals surface area contributed by atoms with E-state index >= 15 is 0 Å². The maximum Gasteiger partial charge on any atom is 0.305 e. The molecule has 1 N–H and O–H groups in total. The Kier molecular flexibility index (Phi) is 8.22. The molecule has 2 unspecified atom stereocenters. The van der Waals surface area contributed by atoms with Crippen molar-refractivity contribution in [2.24, 2.45) is 17.8 Å². The minimum absolute atomic E-state index is 0.0848. The van der Waals surface area contributed by atoms with E-state index in [1.807, 2.05) is 0 Å². The van der Waals surface area contributed by atoms with E-state index in [4.69, 9.17) is 9.47 Å². The molecule has 1 aliphatic heterocycles. The Morgan fingerprint density at radius 1 is 1.33 bits per heavy atom. The van der Waals surface area contributed by atoms with E-state index in [2.05, 4.69) is 23.8 Å². The van der Waals surface area contributed by atoms with Crippen molar-refractivity contribution in [3.63, 3.8) is 0 Å². The largest absolute Gasteiger partial charge is 0.469 e. The fraction of sp³-hybridized carbons (Fsp3) is 0.842. The number of hydrogen-bond donors (Lipinski definition) is 1. The smallest absolute Gasteiger partial charge is 0.305 e. The molecular weight excluding hydrogens is 308 g/mol. The molecule has 138 valence electrons. The predicted octanol–water partition coefficient (Wildman–Crippen LogP) is 3.06. The van der Waals surface area contributed by atoms with Crippen molar-refractivity contribution in [2.45, 2.75) is 64.3 Å². The molecule has 5 heteroatoms. The zero-order chi connectivity index (χ0) is 17.4. The monoisotopic (exact) mass is 340 g/mol. The zero-order valence-corrected chi connectivity index (χ0v) is 15.0. The van der Waals surface area contributed by atoms with Gasteiger partial charge in [0.1, 0.15) is 0 Å². The highest BCUT2D eigenvalue weighted by molar-refractivity contribution is 5.69. The first-order valence-corrected chi connectivity index (χ1v) is 9.25. The number of aliphatic hydroxyl groups excluding tert-OH is 1. The Bertz CT molecular complexity index is 403. The van der Waals surface area contributed by atoms with Crippen LogP contribution in [0.5, 0.6) is 0 Å². The number of esters is 1. The predicted molar refractivity (Wildman–Crippen MR) is 91.3 cm³/mol. The van der Waals surface area contributed by atoms with Crippen LogP contribution in [0.25, 0.3) is 0 Å². The van der Waals surface area contributed by atoms with Gasteiger partial charge in [-0.05, 0) is 50.4 Å². The standard InChI is InChI=1S/C19H32O5/c1-14-15(8-4-3-5-9-18(21)22-2)12-17(16(14)13-20)24-19-10-6-7-11-23-19/h3-4,14-17,19-20H,5-13H2,1-2H3/b4-3+/t14-,15?,16+,17+,19?/m0/s1. The van der Waals surface area contributed by atoms with Crippen molar-refractivity contribution < 1.29 is 24.1 Å². The van der Waals surface area contributed by atoms with Gasteiger partial charge in [-0.15, -0.1) is 0 Å². The van der Waals surface area contributed by atoms with Crippen molar-refractivity contribution in [1.29, 1.82) is 0 Å². The molecule has 1 saturated carbocycles. The third-order valence-electron chi connectivity index (χ3n) is 5.46. The molecule has 24 heavy (non-hydrogen) atoms. The Hall–Kier alpha value is -0.910. The molecule has 0 radical (unpaired) electrons. The van der Waals surface area contributed by atoms with E-state index < -0.39 is 0 Å². The van der Waals surface area contributed by atoms with Gasteiger partial charge in [-0.3, -0.25) is 4.79 Å². The molecule has 0 spiro atoms. The van der Waals surface area contributed by atoms with Crippen LogP contribution in [0, 0.1) is 17.8 Å². The van der Waals surface area contributed by atoms with E-state index in [-0.39, 0.29) is 30.9 Å². The van der Waals surface area contributed by atoms with Gasteiger partial charge in [-0.2, -0.15) is 0 Å². The van der Waals surface area contributed by atoms with Gasteiger partial charge in [0, 0.05) is 25.6 Å². The van der Waals surface area contributed by atoms with E-state index in [1.54, 1.807) is 0 Å². The average Bonchev–Trinajstić information content (AvgIpc) is 2.90. The summed E-state index contributed by atoms with van der Waals surface area (Å²) < 4.78 is 16.5. The average molecular weight is 340 g/mol. The highest BCUT2D eigenvalue weighted by atomic mass is 16.7. The van der Waals surface area contributed by atoms with Gasteiger partial charge in [-0.25, -0.2) is 0 Å². The summed E-state index contributed by atoms with van der Waals surface area (Å²) in [6, 6.07) is 0. The number of methoxy groups -OCH3 is 1. The van der Waals surface area contributed by atoms with Crippen LogP contribution in [0.15, 0.2) is 12.2 Å². The molecule has 1 saturated heterocycles. The second kappa shape index (κ2) is 10.2. The van der Waals surface area contributed by atoms with Crippen molar-refractivity contribution >= 4 is 5.97 Å². The molecule has 0 amide bonds. The summed E-state index contributed by atoms with van der Waals surface area (Å²) in [7, 11) is 1.41. The lowest BCUT2D eigenvalue weighted by Crippen LogP contribution is -2.32. The summed E-state index contributed by atoms with van der Waals surface area (Å²) in [5.74, 6) is 0.943. The molecule has 5 atom stereocenters. The molecule has 2 aliphatic rings. The third-order valence-corrected chi connectivity index (χ3v) is 5.46. The van der Waals surface area contributed by atoms with Crippen LogP contribution >= 0.6 is 0 Å². The number of rotatable bonds is 8. The van der Waals surface area contributed by atoms with Gasteiger partial charge >= 0.3 is 5.97 Å². The van der Waals surface area contributed by atoms with E-state index in [0.29, 0.717) is 24.7 Å². The maximum atomic E-state index is 11.1. The normalized spacial score (nSPS) is 33.9. The van der Waals surface area contributed by atoms with Crippen LogP contribution < -0.4 is 0 Å². The second-order valence-electron chi connectivity index (χ2n) is 6.99. The lowest BCUT2D eigenvalue weighted by Gasteiger charge is -2.29. The van der Waals surface area contributed by atoms with Gasteiger partial charge in [-0.1, -0.05) is 19.1 Å². The number of allylic oxidation sites excluding steroid dienone is 2. The highest BCUT2D eigenvalue weighted by Crippen LogP contribution is 2.41. The fourth-order valence-electron chi connectivity index (χ4n) is 3.83. The van der Waals surface area contributed by atoms with Gasteiger partial charge in [0.2, 0.25) is 0 Å². The van der Waals surface area contributed by atoms with E-state index in [1.165, 1.54) is 7.11 Å². The molecule has 2 rings (SSSR count). The van der Waals surface area contributed by atoms with Crippen LogP contribution in [0.4, 0.5) is 0 Å². The lowest BCUT2D eigenvalue weighted by molar-refractivity contribution is -0.197. The van der Waals surface area contributed by atoms with Gasteiger partial charge < -0.3 is 19.3 Å². The summed E-state index contributed by atoms with van der Waals surface area (Å²) in [4.78, 5) is 11.1. The summed E-state index contributed by atoms with van der Waals surface area (Å²) in [5.41, 5.74) is 0. The lowest BCUT2D eigenvalue weighted by atomic mass is 9.89. The molecule has 1 aliphatic carbocycles. The molecule has 2 fully saturated rings. The summed E-state index contributed by atoms with van der Waals surface area (Å²) in [6.45, 7) is 3.16. The molecule has 0 bridgehead atoms. The quantitative estimate of drug-likeness (QED) is 0.543. The zero-order valence-electron chi connectivity index (χ0n) is 15.0. The Balaban J connectivity index is 1.78. The second-order valence-corrected chi connectivity index (χ2v) is 6.99. The van der Waals surface area contributed by atoms with Crippen molar-refractivity contribution in [3.05, 3.63) is 12.2 Å². The van der Waals surface area contributed by atoms with Crippen LogP contribution in [-0.4, -0.2) is 43.8 Å². The first-order valence-electron chi connectivity index (χ1n) is 9.25. The van der Waals surface area contributed by atoms with Gasteiger partial charge in [0.15, 0.2) is 6.29 Å². The highest BCUT2D eigenvalue weighted by Gasteiger charge is 2.41. The first kappa shape index (κ1) is 19.4. The number of carbonyl (C=O) groups excluding carboxylic acids is 1. The number of ether oxygens (including phenoxy) is 3. The molecule has 0 aromatic heterocycles. The molecular formula is C19H32O5. The summed E-state index contributed by atoms with van der Waals surface area (Å²) >= 11 is 0. The van der Waals surface area contributed by atoms with Crippen LogP contribution in [-0.2, 0) is 19.0 Å². The summed E-state index contributed by atoms with van der Waals surface area (Å²) in [5, 5.41) is 9.76. The molecule has 0 aromatic carbocycles. The number of aliphatic hydroxyl groups is 1. The van der Waals surface area contributed by atoms with E-state index in [9.17, 15) is 9.90 Å². The minimum Gasteiger partial charge on any atom is -0.469 e. The minimum atomic E-state index is -0.171. The third kappa shape index (κ3) is 5.57. The van der Waals surface area contributed by atoms with Gasteiger partial charge in [0.05, 0.1) is 13.2 Å². The number of carbonyl (C=O) groups is 1. The molecule has 0 aromatic rings. The van der Waals surface area contributed by atoms with Gasteiger partial charge in [0.25, 0.3) is 0 Å². The van der Waals surface area contributed by atoms with Crippen LogP contribution in [0.2, 0.25) is 0 Å². The topological polar surface area (TPSA) is 65.0 Å². The summed E-state index contributed by atoms with van der Waals surface area (Å²) in [6.07, 6.45) is 10.5. The molecule has 1 heterocycles. The van der Waals surface area contributed by atoms with Crippen LogP contribution in [0.3, 0.4) is 0 Å².